The highest BCUT2D eigenvalue weighted by Crippen LogP contribution is 2.33. The minimum Gasteiger partial charge on any atom is -0.308 e. The summed E-state index contributed by atoms with van der Waals surface area (Å²) >= 11 is 3.27. The summed E-state index contributed by atoms with van der Waals surface area (Å²) < 4.78 is 28.5. The van der Waals surface area contributed by atoms with E-state index in [1.807, 2.05) is 6.07 Å². The molecule has 0 bridgehead atoms. The van der Waals surface area contributed by atoms with E-state index in [1.165, 1.54) is 6.07 Å². The number of anilines is 2. The third-order valence-electron chi connectivity index (χ3n) is 4.53. The minimum absolute atomic E-state index is 0.132. The van der Waals surface area contributed by atoms with Gasteiger partial charge in [-0.2, -0.15) is 0 Å². The second-order valence-corrected chi connectivity index (χ2v) is 8.83. The van der Waals surface area contributed by atoms with Crippen molar-refractivity contribution in [1.82, 2.24) is 4.98 Å². The number of pyridine rings is 1. The van der Waals surface area contributed by atoms with Crippen LogP contribution >= 0.6 is 15.9 Å². The summed E-state index contributed by atoms with van der Waals surface area (Å²) in [4.78, 5) is 18.6. The number of sulfonamides is 1. The van der Waals surface area contributed by atoms with Crippen LogP contribution in [0.5, 0.6) is 0 Å². The lowest BCUT2D eigenvalue weighted by molar-refractivity contribution is 0.0989. The summed E-state index contributed by atoms with van der Waals surface area (Å²) in [6, 6.07) is 15.2. The summed E-state index contributed by atoms with van der Waals surface area (Å²) in [7, 11) is -3.76. The maximum Gasteiger partial charge on any atom is 0.263 e. The molecule has 0 saturated carbocycles. The molecule has 0 unspecified atom stereocenters. The highest BCUT2D eigenvalue weighted by molar-refractivity contribution is 9.10. The average molecular weight is 458 g/mol. The van der Waals surface area contributed by atoms with Crippen molar-refractivity contribution < 1.29 is 13.2 Å². The molecule has 142 valence electrons. The van der Waals surface area contributed by atoms with Gasteiger partial charge in [0.1, 0.15) is 4.90 Å². The summed E-state index contributed by atoms with van der Waals surface area (Å²) in [6.45, 7) is 0.553. The predicted octanol–water partition coefficient (Wildman–Crippen LogP) is 3.85. The normalized spacial score (nSPS) is 13.2. The number of nitrogens with zero attached hydrogens (tertiary/aromatic N) is 2. The molecule has 0 radical (unpaired) electrons. The maximum absolute atomic E-state index is 12.8. The first kappa shape index (κ1) is 18.6. The zero-order valence-electron chi connectivity index (χ0n) is 14.7. The summed E-state index contributed by atoms with van der Waals surface area (Å²) in [5.41, 5.74) is 2.67. The van der Waals surface area contributed by atoms with E-state index >= 15 is 0 Å². The zero-order chi connectivity index (χ0) is 19.7. The SMILES string of the molecule is O=C(c1ccncc1)N1CCc2ccc(NS(=O)(=O)c3ccccc3Br)cc21. The van der Waals surface area contributed by atoms with Crippen LogP contribution in [0.3, 0.4) is 0 Å². The molecule has 28 heavy (non-hydrogen) atoms. The largest absolute Gasteiger partial charge is 0.308 e. The van der Waals surface area contributed by atoms with Crippen LogP contribution in [-0.2, 0) is 16.4 Å². The van der Waals surface area contributed by atoms with Crippen molar-refractivity contribution in [2.24, 2.45) is 0 Å². The lowest BCUT2D eigenvalue weighted by Gasteiger charge is -2.18. The third kappa shape index (κ3) is 3.53. The van der Waals surface area contributed by atoms with Crippen molar-refractivity contribution >= 4 is 43.2 Å². The van der Waals surface area contributed by atoms with E-state index in [0.29, 0.717) is 28.0 Å². The van der Waals surface area contributed by atoms with Gasteiger partial charge in [0.2, 0.25) is 0 Å². The summed E-state index contributed by atoms with van der Waals surface area (Å²) in [5.74, 6) is -0.132. The molecule has 3 aromatic rings. The molecule has 0 fully saturated rings. The fourth-order valence-corrected chi connectivity index (χ4v) is 5.23. The molecule has 0 atom stereocenters. The van der Waals surface area contributed by atoms with E-state index < -0.39 is 10.0 Å². The van der Waals surface area contributed by atoms with Gasteiger partial charge in [-0.3, -0.25) is 14.5 Å². The van der Waals surface area contributed by atoms with Gasteiger partial charge in [-0.1, -0.05) is 18.2 Å². The zero-order valence-corrected chi connectivity index (χ0v) is 17.1. The maximum atomic E-state index is 12.8. The Labute approximate surface area is 171 Å². The van der Waals surface area contributed by atoms with Gasteiger partial charge in [0.25, 0.3) is 15.9 Å². The smallest absolute Gasteiger partial charge is 0.263 e. The van der Waals surface area contributed by atoms with E-state index in [2.05, 4.69) is 25.6 Å². The van der Waals surface area contributed by atoms with Crippen molar-refractivity contribution in [3.05, 3.63) is 82.6 Å². The Morgan fingerprint density at radius 3 is 2.57 bits per heavy atom. The van der Waals surface area contributed by atoms with Crippen molar-refractivity contribution in [3.63, 3.8) is 0 Å². The Morgan fingerprint density at radius 2 is 1.82 bits per heavy atom. The Balaban J connectivity index is 1.64. The average Bonchev–Trinajstić information content (AvgIpc) is 3.11. The predicted molar refractivity (Wildman–Crippen MR) is 111 cm³/mol. The molecule has 1 aliphatic heterocycles. The number of rotatable bonds is 4. The monoisotopic (exact) mass is 457 g/mol. The topological polar surface area (TPSA) is 79.4 Å². The quantitative estimate of drug-likeness (QED) is 0.644. The molecule has 1 N–H and O–H groups in total. The number of amides is 1. The van der Waals surface area contributed by atoms with E-state index in [0.717, 1.165) is 12.0 Å². The molecule has 1 amide bonds. The molecule has 8 heteroatoms. The lowest BCUT2D eigenvalue weighted by atomic mass is 10.1. The molecular formula is C20H16BrN3O3S. The van der Waals surface area contributed by atoms with E-state index in [-0.39, 0.29) is 10.8 Å². The summed E-state index contributed by atoms with van der Waals surface area (Å²) in [6.07, 6.45) is 3.88. The van der Waals surface area contributed by atoms with Gasteiger partial charge >= 0.3 is 0 Å². The number of hydrogen-bond donors (Lipinski definition) is 1. The lowest BCUT2D eigenvalue weighted by Crippen LogP contribution is -2.28. The van der Waals surface area contributed by atoms with E-state index in [4.69, 9.17) is 0 Å². The molecule has 0 saturated heterocycles. The number of nitrogens with one attached hydrogen (secondary N) is 1. The molecule has 2 heterocycles. The number of halogens is 1. The van der Waals surface area contributed by atoms with Crippen molar-refractivity contribution in [2.75, 3.05) is 16.2 Å². The second-order valence-electron chi connectivity index (χ2n) is 6.32. The van der Waals surface area contributed by atoms with Crippen LogP contribution in [0.25, 0.3) is 0 Å². The van der Waals surface area contributed by atoms with Crippen LogP contribution in [-0.4, -0.2) is 25.9 Å². The van der Waals surface area contributed by atoms with E-state index in [9.17, 15) is 13.2 Å². The first-order valence-corrected chi connectivity index (χ1v) is 10.9. The Morgan fingerprint density at radius 1 is 1.07 bits per heavy atom. The van der Waals surface area contributed by atoms with Gasteiger partial charge in [0.15, 0.2) is 0 Å². The van der Waals surface area contributed by atoms with Gasteiger partial charge in [-0.25, -0.2) is 8.42 Å². The number of hydrogen-bond acceptors (Lipinski definition) is 4. The number of benzene rings is 2. The van der Waals surface area contributed by atoms with Crippen LogP contribution in [0, 0.1) is 0 Å². The standard InChI is InChI=1S/C20H16BrN3O3S/c21-17-3-1-2-4-19(17)28(26,27)23-16-6-5-14-9-12-24(18(14)13-16)20(25)15-7-10-22-11-8-15/h1-8,10-11,13,23H,9,12H2. The van der Waals surface area contributed by atoms with Gasteiger partial charge in [0, 0.05) is 34.7 Å². The fourth-order valence-electron chi connectivity index (χ4n) is 3.18. The third-order valence-corrected chi connectivity index (χ3v) is 6.93. The Hall–Kier alpha value is -2.71. The number of aromatic nitrogens is 1. The fraction of sp³-hybridized carbons (Fsp3) is 0.100. The van der Waals surface area contributed by atoms with E-state index in [1.54, 1.807) is 59.8 Å². The van der Waals surface area contributed by atoms with Gasteiger partial charge < -0.3 is 4.90 Å². The highest BCUT2D eigenvalue weighted by atomic mass is 79.9. The Kier molecular flexibility index (Phi) is 4.91. The molecule has 0 spiro atoms. The molecular weight excluding hydrogens is 442 g/mol. The number of fused-ring (bicyclic) bond motifs is 1. The number of carbonyl (C=O) groups is 1. The first-order valence-electron chi connectivity index (χ1n) is 8.58. The van der Waals surface area contributed by atoms with Crippen LogP contribution in [0.15, 0.2) is 76.4 Å². The van der Waals surface area contributed by atoms with Crippen molar-refractivity contribution in [1.29, 1.82) is 0 Å². The van der Waals surface area contributed by atoms with Gasteiger partial charge in [0.05, 0.1) is 5.69 Å². The first-order chi connectivity index (χ1) is 13.5. The summed E-state index contributed by atoms with van der Waals surface area (Å²) in [5, 5.41) is 0. The molecule has 0 aliphatic carbocycles. The van der Waals surface area contributed by atoms with Crippen LogP contribution in [0.1, 0.15) is 15.9 Å². The van der Waals surface area contributed by atoms with Crippen LogP contribution in [0.2, 0.25) is 0 Å². The van der Waals surface area contributed by atoms with Crippen molar-refractivity contribution in [2.45, 2.75) is 11.3 Å². The van der Waals surface area contributed by atoms with Crippen LogP contribution in [0.4, 0.5) is 11.4 Å². The molecule has 1 aliphatic rings. The molecule has 2 aromatic carbocycles. The minimum atomic E-state index is -3.76. The van der Waals surface area contributed by atoms with Gasteiger partial charge in [-0.15, -0.1) is 0 Å². The van der Waals surface area contributed by atoms with Crippen LogP contribution < -0.4 is 9.62 Å². The van der Waals surface area contributed by atoms with Crippen molar-refractivity contribution in [3.8, 4) is 0 Å². The molecule has 6 nitrogen and oxygen atoms in total. The molecule has 1 aromatic heterocycles. The highest BCUT2D eigenvalue weighted by Gasteiger charge is 2.26. The molecule has 4 rings (SSSR count). The Bertz CT molecular complexity index is 1150. The number of carbonyl (C=O) groups excluding carboxylic acids is 1. The van der Waals surface area contributed by atoms with Gasteiger partial charge in [-0.05, 0) is 64.3 Å². The second kappa shape index (κ2) is 7.37.